The van der Waals surface area contributed by atoms with Gasteiger partial charge in [0.2, 0.25) is 0 Å². The lowest BCUT2D eigenvalue weighted by molar-refractivity contribution is -0.00000292. The maximum Gasteiger partial charge on any atom is 0.0398 e. The lowest BCUT2D eigenvalue weighted by Gasteiger charge is -2.35. The summed E-state index contributed by atoms with van der Waals surface area (Å²) in [5.41, 5.74) is 0.231. The highest BCUT2D eigenvalue weighted by atomic mass is 35.5. The highest BCUT2D eigenvalue weighted by Gasteiger charge is 2.26. The van der Waals surface area contributed by atoms with Crippen molar-refractivity contribution in [1.29, 1.82) is 0 Å². The lowest BCUT2D eigenvalue weighted by atomic mass is 9.85. The van der Waals surface area contributed by atoms with Gasteiger partial charge in [0.05, 0.1) is 0 Å². The predicted octanol–water partition coefficient (Wildman–Crippen LogP) is -0.345. The molecule has 1 heterocycles. The lowest BCUT2D eigenvalue weighted by Crippen LogP contribution is -3.00. The fourth-order valence-corrected chi connectivity index (χ4v) is 1.95. The van der Waals surface area contributed by atoms with Gasteiger partial charge in [-0.3, -0.25) is 0 Å². The molecule has 1 fully saturated rings. The fraction of sp³-hybridized carbons (Fsp3) is 0.636. The first kappa shape index (κ1) is 12.7. The number of rotatable bonds is 3. The second kappa shape index (κ2) is 6.22. The van der Waals surface area contributed by atoms with E-state index in [1.54, 1.807) is 0 Å². The summed E-state index contributed by atoms with van der Waals surface area (Å²) in [5, 5.41) is 3.58. The van der Waals surface area contributed by atoms with E-state index in [1.165, 1.54) is 19.3 Å². The average molecular weight is 201 g/mol. The third kappa shape index (κ3) is 3.53. The van der Waals surface area contributed by atoms with Gasteiger partial charge in [-0.1, -0.05) is 24.6 Å². The standard InChI is InChI=1S/C11H19N.ClH/c1-3-7-11(8-4-2)9-5-6-10-12-11;/h3-4,8,12H,1,5-7,9-10H2,2H3;1H/p-1/b8-4+;. The van der Waals surface area contributed by atoms with Crippen molar-refractivity contribution < 1.29 is 12.4 Å². The summed E-state index contributed by atoms with van der Waals surface area (Å²) in [4.78, 5) is 0. The van der Waals surface area contributed by atoms with Gasteiger partial charge in [0, 0.05) is 5.54 Å². The van der Waals surface area contributed by atoms with E-state index in [0.29, 0.717) is 0 Å². The van der Waals surface area contributed by atoms with Gasteiger partial charge in [0.1, 0.15) is 0 Å². The van der Waals surface area contributed by atoms with Crippen LogP contribution in [0.25, 0.3) is 0 Å². The Labute approximate surface area is 87.7 Å². The first-order chi connectivity index (χ1) is 5.83. The smallest absolute Gasteiger partial charge is 0.0398 e. The summed E-state index contributed by atoms with van der Waals surface area (Å²) >= 11 is 0. The zero-order chi connectivity index (χ0) is 8.86. The highest BCUT2D eigenvalue weighted by molar-refractivity contribution is 5.09. The molecule has 1 aliphatic rings. The van der Waals surface area contributed by atoms with E-state index < -0.39 is 0 Å². The van der Waals surface area contributed by atoms with E-state index in [2.05, 4.69) is 31.0 Å². The molecule has 0 spiro atoms. The highest BCUT2D eigenvalue weighted by Crippen LogP contribution is 2.24. The molecule has 0 amide bonds. The average Bonchev–Trinajstić information content (AvgIpc) is 2.07. The van der Waals surface area contributed by atoms with Crippen molar-refractivity contribution in [3.63, 3.8) is 0 Å². The summed E-state index contributed by atoms with van der Waals surface area (Å²) < 4.78 is 0. The Morgan fingerprint density at radius 3 is 2.69 bits per heavy atom. The summed E-state index contributed by atoms with van der Waals surface area (Å²) in [6.07, 6.45) is 11.4. The maximum absolute atomic E-state index is 3.81. The van der Waals surface area contributed by atoms with Crippen LogP contribution in [0.2, 0.25) is 0 Å². The van der Waals surface area contributed by atoms with Crippen LogP contribution in [0, 0.1) is 0 Å². The first-order valence-corrected chi connectivity index (χ1v) is 4.83. The van der Waals surface area contributed by atoms with Crippen molar-refractivity contribution in [1.82, 2.24) is 5.32 Å². The molecule has 0 aliphatic carbocycles. The summed E-state index contributed by atoms with van der Waals surface area (Å²) in [6.45, 7) is 7.04. The number of halogens is 1. The van der Waals surface area contributed by atoms with Crippen LogP contribution < -0.4 is 17.7 Å². The topological polar surface area (TPSA) is 12.0 Å². The SMILES string of the molecule is C=CCC1(/C=C/C)CCCCN1.[Cl-]. The van der Waals surface area contributed by atoms with Crippen molar-refractivity contribution in [2.45, 2.75) is 38.1 Å². The van der Waals surface area contributed by atoms with Gasteiger partial charge in [-0.2, -0.15) is 0 Å². The van der Waals surface area contributed by atoms with Crippen LogP contribution in [0.15, 0.2) is 24.8 Å². The molecule has 0 aromatic heterocycles. The minimum Gasteiger partial charge on any atom is -1.00 e. The molecule has 0 radical (unpaired) electrons. The van der Waals surface area contributed by atoms with Crippen LogP contribution >= 0.6 is 0 Å². The molecule has 1 N–H and O–H groups in total. The second-order valence-corrected chi connectivity index (χ2v) is 3.53. The third-order valence-electron chi connectivity index (χ3n) is 2.52. The number of allylic oxidation sites excluding steroid dienone is 1. The molecular weight excluding hydrogens is 182 g/mol. The predicted molar refractivity (Wildman–Crippen MR) is 54.2 cm³/mol. The Balaban J connectivity index is 0.00000144. The molecule has 1 unspecified atom stereocenters. The molecular formula is C11H19ClN-. The van der Waals surface area contributed by atoms with Gasteiger partial charge in [0.15, 0.2) is 0 Å². The van der Waals surface area contributed by atoms with Gasteiger partial charge in [-0.05, 0) is 32.7 Å². The van der Waals surface area contributed by atoms with Crippen LogP contribution in [-0.2, 0) is 0 Å². The van der Waals surface area contributed by atoms with E-state index in [1.807, 2.05) is 6.08 Å². The van der Waals surface area contributed by atoms with Crippen LogP contribution in [0.3, 0.4) is 0 Å². The minimum absolute atomic E-state index is 0. The van der Waals surface area contributed by atoms with E-state index in [-0.39, 0.29) is 17.9 Å². The van der Waals surface area contributed by atoms with E-state index >= 15 is 0 Å². The maximum atomic E-state index is 3.81. The first-order valence-electron chi connectivity index (χ1n) is 4.83. The Bertz CT molecular complexity index is 169. The molecule has 0 aromatic carbocycles. The quantitative estimate of drug-likeness (QED) is 0.615. The largest absolute Gasteiger partial charge is 1.00 e. The summed E-state index contributed by atoms with van der Waals surface area (Å²) in [5.74, 6) is 0. The Kier molecular flexibility index (Phi) is 6.10. The Morgan fingerprint density at radius 1 is 1.46 bits per heavy atom. The van der Waals surface area contributed by atoms with Crippen LogP contribution in [0.1, 0.15) is 32.6 Å². The van der Waals surface area contributed by atoms with Crippen molar-refractivity contribution in [3.8, 4) is 0 Å². The van der Waals surface area contributed by atoms with Gasteiger partial charge >= 0.3 is 0 Å². The van der Waals surface area contributed by atoms with Crippen molar-refractivity contribution in [3.05, 3.63) is 24.8 Å². The van der Waals surface area contributed by atoms with E-state index in [0.717, 1.165) is 13.0 Å². The molecule has 1 atom stereocenters. The second-order valence-electron chi connectivity index (χ2n) is 3.53. The summed E-state index contributed by atoms with van der Waals surface area (Å²) in [6, 6.07) is 0. The molecule has 13 heavy (non-hydrogen) atoms. The number of hydrogen-bond acceptors (Lipinski definition) is 1. The van der Waals surface area contributed by atoms with Gasteiger partial charge in [-0.15, -0.1) is 6.58 Å². The Hall–Kier alpha value is -0.270. The third-order valence-corrected chi connectivity index (χ3v) is 2.52. The molecule has 0 saturated carbocycles. The van der Waals surface area contributed by atoms with Gasteiger partial charge in [-0.25, -0.2) is 0 Å². The van der Waals surface area contributed by atoms with Crippen LogP contribution in [0.5, 0.6) is 0 Å². The molecule has 0 bridgehead atoms. The van der Waals surface area contributed by atoms with Crippen molar-refractivity contribution in [2.75, 3.05) is 6.54 Å². The number of hydrogen-bond donors (Lipinski definition) is 1. The Morgan fingerprint density at radius 2 is 2.23 bits per heavy atom. The normalized spacial score (nSPS) is 28.4. The summed E-state index contributed by atoms with van der Waals surface area (Å²) in [7, 11) is 0. The molecule has 0 aromatic rings. The van der Waals surface area contributed by atoms with Crippen LogP contribution in [0.4, 0.5) is 0 Å². The molecule has 76 valence electrons. The van der Waals surface area contributed by atoms with Crippen molar-refractivity contribution >= 4 is 0 Å². The monoisotopic (exact) mass is 200 g/mol. The van der Waals surface area contributed by atoms with E-state index in [4.69, 9.17) is 0 Å². The molecule has 1 nitrogen and oxygen atoms in total. The van der Waals surface area contributed by atoms with E-state index in [9.17, 15) is 0 Å². The molecule has 2 heteroatoms. The van der Waals surface area contributed by atoms with Gasteiger partial charge < -0.3 is 17.7 Å². The van der Waals surface area contributed by atoms with Gasteiger partial charge in [0.25, 0.3) is 0 Å². The fourth-order valence-electron chi connectivity index (χ4n) is 1.95. The molecule has 1 rings (SSSR count). The molecule has 1 aliphatic heterocycles. The van der Waals surface area contributed by atoms with Crippen LogP contribution in [-0.4, -0.2) is 12.1 Å². The zero-order valence-electron chi connectivity index (χ0n) is 8.35. The number of piperidine rings is 1. The zero-order valence-corrected chi connectivity index (χ0v) is 9.11. The number of nitrogens with one attached hydrogen (secondary N) is 1. The minimum atomic E-state index is 0. The molecule has 1 saturated heterocycles. The van der Waals surface area contributed by atoms with Crippen molar-refractivity contribution in [2.24, 2.45) is 0 Å².